The summed E-state index contributed by atoms with van der Waals surface area (Å²) in [5, 5.41) is 12.8. The maximum absolute atomic E-state index is 8.82. The second kappa shape index (κ2) is 7.57. The Morgan fingerprint density at radius 2 is 2.09 bits per heavy atom. The molecule has 0 amide bonds. The van der Waals surface area contributed by atoms with Gasteiger partial charge in [0.15, 0.2) is 0 Å². The smallest absolute Gasteiger partial charge is 0.241 e. The van der Waals surface area contributed by atoms with E-state index in [2.05, 4.69) is 16.2 Å². The van der Waals surface area contributed by atoms with Gasteiger partial charge in [0.2, 0.25) is 11.7 Å². The van der Waals surface area contributed by atoms with E-state index >= 15 is 0 Å². The molecule has 6 nitrogen and oxygen atoms in total. The van der Waals surface area contributed by atoms with Gasteiger partial charge in [-0.05, 0) is 45.2 Å². The highest BCUT2D eigenvalue weighted by molar-refractivity contribution is 5.55. The maximum atomic E-state index is 8.82. The first-order valence-electron chi connectivity index (χ1n) is 7.26. The maximum Gasteiger partial charge on any atom is 0.241 e. The van der Waals surface area contributed by atoms with Crippen molar-refractivity contribution < 1.29 is 9.26 Å². The summed E-state index contributed by atoms with van der Waals surface area (Å²) in [5.74, 6) is 1.88. The van der Waals surface area contributed by atoms with Gasteiger partial charge in [-0.15, -0.1) is 0 Å². The van der Waals surface area contributed by atoms with E-state index < -0.39 is 0 Å². The molecule has 0 saturated carbocycles. The molecule has 0 N–H and O–H groups in total. The van der Waals surface area contributed by atoms with Crippen molar-refractivity contribution in [3.05, 3.63) is 30.2 Å². The van der Waals surface area contributed by atoms with Crippen LogP contribution in [0.1, 0.15) is 19.7 Å². The Hall–Kier alpha value is -2.39. The molecule has 1 aromatic heterocycles. The summed E-state index contributed by atoms with van der Waals surface area (Å²) < 4.78 is 10.7. The van der Waals surface area contributed by atoms with Crippen LogP contribution in [0.25, 0.3) is 11.4 Å². The van der Waals surface area contributed by atoms with Gasteiger partial charge in [-0.1, -0.05) is 5.16 Å². The highest BCUT2D eigenvalue weighted by Crippen LogP contribution is 2.20. The van der Waals surface area contributed by atoms with Gasteiger partial charge in [0, 0.05) is 12.1 Å². The van der Waals surface area contributed by atoms with Crippen LogP contribution in [0.15, 0.2) is 28.8 Å². The predicted molar refractivity (Wildman–Crippen MR) is 82.0 cm³/mol. The zero-order valence-electron chi connectivity index (χ0n) is 13.1. The van der Waals surface area contributed by atoms with Gasteiger partial charge in [0.05, 0.1) is 25.1 Å². The average molecular weight is 300 g/mol. The second-order valence-corrected chi connectivity index (χ2v) is 5.20. The molecule has 22 heavy (non-hydrogen) atoms. The molecule has 116 valence electrons. The van der Waals surface area contributed by atoms with E-state index in [0.717, 1.165) is 11.3 Å². The van der Waals surface area contributed by atoms with Crippen LogP contribution in [-0.4, -0.2) is 35.2 Å². The van der Waals surface area contributed by atoms with Crippen LogP contribution in [0.5, 0.6) is 5.75 Å². The van der Waals surface area contributed by atoms with Crippen molar-refractivity contribution >= 4 is 0 Å². The Labute approximate surface area is 130 Å². The Kier molecular flexibility index (Phi) is 5.50. The minimum Gasteiger partial charge on any atom is -0.494 e. The molecule has 0 aliphatic heterocycles. The van der Waals surface area contributed by atoms with Crippen molar-refractivity contribution in [2.24, 2.45) is 5.92 Å². The molecule has 2 aromatic rings. The van der Waals surface area contributed by atoms with E-state index in [0.29, 0.717) is 31.4 Å². The van der Waals surface area contributed by atoms with Gasteiger partial charge in [-0.3, -0.25) is 4.90 Å². The van der Waals surface area contributed by atoms with E-state index in [-0.39, 0.29) is 5.92 Å². The summed E-state index contributed by atoms with van der Waals surface area (Å²) in [6.07, 6.45) is 0. The van der Waals surface area contributed by atoms with E-state index in [1.807, 2.05) is 50.1 Å². The fourth-order valence-corrected chi connectivity index (χ4v) is 2.11. The van der Waals surface area contributed by atoms with Gasteiger partial charge in [0.1, 0.15) is 5.75 Å². The molecule has 1 atom stereocenters. The quantitative estimate of drug-likeness (QED) is 0.782. The fourth-order valence-electron chi connectivity index (χ4n) is 2.11. The molecule has 0 spiro atoms. The fraction of sp³-hybridized carbons (Fsp3) is 0.438. The number of nitriles is 1. The first-order chi connectivity index (χ1) is 10.6. The van der Waals surface area contributed by atoms with Crippen LogP contribution in [0.3, 0.4) is 0 Å². The van der Waals surface area contributed by atoms with E-state index in [1.54, 1.807) is 0 Å². The Morgan fingerprint density at radius 3 is 2.73 bits per heavy atom. The normalized spacial score (nSPS) is 12.1. The number of nitrogens with zero attached hydrogens (tertiary/aromatic N) is 4. The van der Waals surface area contributed by atoms with Crippen LogP contribution in [0.4, 0.5) is 0 Å². The lowest BCUT2D eigenvalue weighted by atomic mass is 10.2. The van der Waals surface area contributed by atoms with Gasteiger partial charge < -0.3 is 9.26 Å². The minimum absolute atomic E-state index is 0.0292. The van der Waals surface area contributed by atoms with Crippen molar-refractivity contribution in [2.75, 3.05) is 20.2 Å². The molecule has 0 unspecified atom stereocenters. The predicted octanol–water partition coefficient (Wildman–Crippen LogP) is 2.73. The molecule has 0 radical (unpaired) electrons. The standard InChI is InChI=1S/C16H20N4O2/c1-4-21-14-7-5-13(6-8-14)16-18-15(22-19-16)11-20(3)10-12(2)9-17/h5-8,12H,4,10-11H2,1-3H3/t12-/m1/s1. The molecule has 0 saturated heterocycles. The van der Waals surface area contributed by atoms with Crippen molar-refractivity contribution in [1.29, 1.82) is 5.26 Å². The molecule has 1 heterocycles. The van der Waals surface area contributed by atoms with Crippen molar-refractivity contribution in [3.63, 3.8) is 0 Å². The second-order valence-electron chi connectivity index (χ2n) is 5.20. The summed E-state index contributed by atoms with van der Waals surface area (Å²) in [7, 11) is 1.93. The Morgan fingerprint density at radius 1 is 1.36 bits per heavy atom. The van der Waals surface area contributed by atoms with Crippen molar-refractivity contribution in [1.82, 2.24) is 15.0 Å². The van der Waals surface area contributed by atoms with Crippen LogP contribution >= 0.6 is 0 Å². The number of hydrogen-bond acceptors (Lipinski definition) is 6. The molecule has 1 aromatic carbocycles. The first kappa shape index (κ1) is 16.0. The molecule has 2 rings (SSSR count). The third-order valence-electron chi connectivity index (χ3n) is 3.10. The number of hydrogen-bond donors (Lipinski definition) is 0. The highest BCUT2D eigenvalue weighted by atomic mass is 16.5. The average Bonchev–Trinajstić information content (AvgIpc) is 2.96. The first-order valence-corrected chi connectivity index (χ1v) is 7.26. The lowest BCUT2D eigenvalue weighted by molar-refractivity contribution is 0.253. The van der Waals surface area contributed by atoms with Crippen LogP contribution in [0.2, 0.25) is 0 Å². The van der Waals surface area contributed by atoms with Crippen LogP contribution in [-0.2, 0) is 6.54 Å². The summed E-state index contributed by atoms with van der Waals surface area (Å²) in [6, 6.07) is 9.78. The lowest BCUT2D eigenvalue weighted by Gasteiger charge is -2.14. The lowest BCUT2D eigenvalue weighted by Crippen LogP contribution is -2.23. The van der Waals surface area contributed by atoms with E-state index in [1.165, 1.54) is 0 Å². The SMILES string of the molecule is CCOc1ccc(-c2noc(CN(C)C[C@H](C)C#N)n2)cc1. The minimum atomic E-state index is -0.0292. The molecule has 0 bridgehead atoms. The number of benzene rings is 1. The van der Waals surface area contributed by atoms with Crippen LogP contribution < -0.4 is 4.74 Å². The molecular formula is C16H20N4O2. The highest BCUT2D eigenvalue weighted by Gasteiger charge is 2.12. The molecule has 0 aliphatic carbocycles. The summed E-state index contributed by atoms with van der Waals surface area (Å²) in [5.41, 5.74) is 0.881. The summed E-state index contributed by atoms with van der Waals surface area (Å²) in [6.45, 7) is 5.66. The number of rotatable bonds is 7. The molecule has 0 aliphatic rings. The largest absolute Gasteiger partial charge is 0.494 e. The molecule has 0 fully saturated rings. The van der Waals surface area contributed by atoms with Crippen molar-refractivity contribution in [3.8, 4) is 23.2 Å². The number of ether oxygens (including phenoxy) is 1. The molecule has 6 heteroatoms. The Bertz CT molecular complexity index is 630. The Balaban J connectivity index is 2.00. The monoisotopic (exact) mass is 300 g/mol. The summed E-state index contributed by atoms with van der Waals surface area (Å²) in [4.78, 5) is 6.38. The zero-order chi connectivity index (χ0) is 15.9. The van der Waals surface area contributed by atoms with Crippen LogP contribution in [0, 0.1) is 17.2 Å². The van der Waals surface area contributed by atoms with Gasteiger partial charge in [-0.25, -0.2) is 0 Å². The third kappa shape index (κ3) is 4.30. The number of aromatic nitrogens is 2. The van der Waals surface area contributed by atoms with E-state index in [9.17, 15) is 0 Å². The van der Waals surface area contributed by atoms with Gasteiger partial charge in [-0.2, -0.15) is 10.2 Å². The molecular weight excluding hydrogens is 280 g/mol. The topological polar surface area (TPSA) is 75.2 Å². The summed E-state index contributed by atoms with van der Waals surface area (Å²) >= 11 is 0. The van der Waals surface area contributed by atoms with Gasteiger partial charge >= 0.3 is 0 Å². The van der Waals surface area contributed by atoms with E-state index in [4.69, 9.17) is 14.5 Å². The van der Waals surface area contributed by atoms with Gasteiger partial charge in [0.25, 0.3) is 0 Å². The zero-order valence-corrected chi connectivity index (χ0v) is 13.1. The van der Waals surface area contributed by atoms with Crippen molar-refractivity contribution in [2.45, 2.75) is 20.4 Å². The third-order valence-corrected chi connectivity index (χ3v) is 3.10.